The van der Waals surface area contributed by atoms with Crippen molar-refractivity contribution in [3.05, 3.63) is 35.9 Å². The van der Waals surface area contributed by atoms with E-state index in [-0.39, 0.29) is 46.6 Å². The van der Waals surface area contributed by atoms with Crippen molar-refractivity contribution in [2.24, 2.45) is 10.2 Å². The zero-order valence-electron chi connectivity index (χ0n) is 13.5. The van der Waals surface area contributed by atoms with Crippen LogP contribution in [0.4, 0.5) is 22.7 Å². The molecule has 0 amide bonds. The molecule has 0 unspecified atom stereocenters. The molecule has 0 spiro atoms. The number of ether oxygens (including phenoxy) is 1. The Kier molecular flexibility index (Phi) is 6.76. The fourth-order valence-electron chi connectivity index (χ4n) is 1.88. The fourth-order valence-corrected chi connectivity index (χ4v) is 2.49. The van der Waals surface area contributed by atoms with E-state index in [2.05, 4.69) is 10.2 Å². The molecule has 0 aromatic heterocycles. The van der Waals surface area contributed by atoms with Gasteiger partial charge in [0.2, 0.25) is 0 Å². The van der Waals surface area contributed by atoms with Gasteiger partial charge in [0.25, 0.3) is 0 Å². The minimum Gasteiger partial charge on any atom is -0.744 e. The van der Waals surface area contributed by atoms with Crippen LogP contribution in [0.3, 0.4) is 0 Å². The molecule has 8 nitrogen and oxygen atoms in total. The molecule has 0 aliphatic heterocycles. The molecule has 0 bridgehead atoms. The van der Waals surface area contributed by atoms with Crippen molar-refractivity contribution in [2.75, 3.05) is 18.6 Å². The second-order valence-corrected chi connectivity index (χ2v) is 6.13. The molecule has 0 aliphatic rings. The van der Waals surface area contributed by atoms with Gasteiger partial charge in [-0.3, -0.25) is 0 Å². The molecule has 0 saturated carbocycles. The molecule has 0 saturated heterocycles. The minimum absolute atomic E-state index is 0. The predicted molar refractivity (Wildman–Crippen MR) is 85.1 cm³/mol. The predicted octanol–water partition coefficient (Wildman–Crippen LogP) is -0.508. The number of nitrogens with zero attached hydrogens (tertiary/aromatic N) is 2. The number of azo groups is 1. The smallest absolute Gasteiger partial charge is 0.744 e. The Morgan fingerprint density at radius 1 is 1.04 bits per heavy atom. The first-order valence-corrected chi connectivity index (χ1v) is 7.84. The molecule has 122 valence electrons. The number of hydrogen-bond donors (Lipinski definition) is 2. The number of nitrogen functional groups attached to an aromatic ring is 2. The van der Waals surface area contributed by atoms with E-state index in [9.17, 15) is 13.0 Å². The maximum atomic E-state index is 11.2. The largest absolute Gasteiger partial charge is 1.00 e. The summed E-state index contributed by atoms with van der Waals surface area (Å²) in [6.45, 7) is 1.90. The molecule has 10 heteroatoms. The molecule has 0 aliphatic carbocycles. The topological polar surface area (TPSA) is 143 Å². The number of rotatable bonds is 4. The van der Waals surface area contributed by atoms with E-state index in [0.29, 0.717) is 11.4 Å². The monoisotopic (exact) mass is 358 g/mol. The number of anilines is 2. The second kappa shape index (κ2) is 7.95. The zero-order valence-corrected chi connectivity index (χ0v) is 16.3. The van der Waals surface area contributed by atoms with Crippen LogP contribution >= 0.6 is 0 Å². The standard InChI is InChI=1S/C14H16N4O4S.Na/c1-8-3-4-11(13(5-8)22-2)17-18-12-7-14(23(19,20)21)10(16)6-9(12)15;/h3-7H,15-16H2,1-2H3,(H,19,20,21);/q;+1/p-1. The van der Waals surface area contributed by atoms with Crippen LogP contribution in [-0.4, -0.2) is 20.1 Å². The number of nitrogens with two attached hydrogens (primary N) is 2. The first-order valence-electron chi connectivity index (χ1n) is 6.43. The first kappa shape index (κ1) is 20.4. The second-order valence-electron chi connectivity index (χ2n) is 4.78. The van der Waals surface area contributed by atoms with Gasteiger partial charge in [0.15, 0.2) is 0 Å². The first-order chi connectivity index (χ1) is 10.7. The summed E-state index contributed by atoms with van der Waals surface area (Å²) >= 11 is 0. The summed E-state index contributed by atoms with van der Waals surface area (Å²) < 4.78 is 38.7. The Morgan fingerprint density at radius 3 is 2.25 bits per heavy atom. The van der Waals surface area contributed by atoms with Crippen LogP contribution in [0.2, 0.25) is 0 Å². The molecule has 0 heterocycles. The average Bonchev–Trinajstić information content (AvgIpc) is 2.46. The van der Waals surface area contributed by atoms with Gasteiger partial charge in [-0.25, -0.2) is 8.42 Å². The van der Waals surface area contributed by atoms with Crippen LogP contribution in [-0.2, 0) is 10.1 Å². The summed E-state index contributed by atoms with van der Waals surface area (Å²) in [6, 6.07) is 7.43. The van der Waals surface area contributed by atoms with E-state index in [4.69, 9.17) is 16.2 Å². The van der Waals surface area contributed by atoms with Crippen LogP contribution in [0.25, 0.3) is 0 Å². The maximum absolute atomic E-state index is 11.2. The SMILES string of the molecule is COc1cc(C)ccc1N=Nc1cc(S(=O)(=O)[O-])c(N)cc1N.[Na+]. The van der Waals surface area contributed by atoms with Crippen LogP contribution in [0, 0.1) is 6.92 Å². The van der Waals surface area contributed by atoms with Crippen LogP contribution in [0.15, 0.2) is 45.5 Å². The Bertz CT molecular complexity index is 885. The molecule has 2 aromatic carbocycles. The number of aryl methyl sites for hydroxylation is 1. The van der Waals surface area contributed by atoms with Gasteiger partial charge >= 0.3 is 29.6 Å². The van der Waals surface area contributed by atoms with E-state index in [1.807, 2.05) is 13.0 Å². The van der Waals surface area contributed by atoms with E-state index in [0.717, 1.165) is 17.7 Å². The van der Waals surface area contributed by atoms with Crippen molar-refractivity contribution in [2.45, 2.75) is 11.8 Å². The van der Waals surface area contributed by atoms with Gasteiger partial charge in [0.1, 0.15) is 27.2 Å². The molecule has 4 N–H and O–H groups in total. The summed E-state index contributed by atoms with van der Waals surface area (Å²) in [7, 11) is -3.24. The summed E-state index contributed by atoms with van der Waals surface area (Å²) in [4.78, 5) is -0.587. The third kappa shape index (κ3) is 4.68. The number of benzene rings is 2. The van der Waals surface area contributed by atoms with Gasteiger partial charge in [0.05, 0.1) is 23.4 Å². The van der Waals surface area contributed by atoms with E-state index in [1.54, 1.807) is 12.1 Å². The molecule has 0 fully saturated rings. The molecule has 2 aromatic rings. The minimum atomic E-state index is -4.73. The van der Waals surface area contributed by atoms with Gasteiger partial charge in [-0.1, -0.05) is 6.07 Å². The molecule has 0 radical (unpaired) electrons. The van der Waals surface area contributed by atoms with Gasteiger partial charge in [-0.05, 0) is 36.8 Å². The van der Waals surface area contributed by atoms with E-state index in [1.165, 1.54) is 7.11 Å². The number of methoxy groups -OCH3 is 1. The Hall–Kier alpha value is -1.65. The molecular weight excluding hydrogens is 343 g/mol. The maximum Gasteiger partial charge on any atom is 1.00 e. The summed E-state index contributed by atoms with van der Waals surface area (Å²) in [6.07, 6.45) is 0. The van der Waals surface area contributed by atoms with E-state index >= 15 is 0 Å². The fraction of sp³-hybridized carbons (Fsp3) is 0.143. The van der Waals surface area contributed by atoms with Gasteiger partial charge < -0.3 is 20.8 Å². The molecule has 0 atom stereocenters. The van der Waals surface area contributed by atoms with Gasteiger partial charge in [-0.2, -0.15) is 0 Å². The quantitative estimate of drug-likeness (QED) is 0.326. The average molecular weight is 358 g/mol. The van der Waals surface area contributed by atoms with Crippen molar-refractivity contribution in [3.8, 4) is 5.75 Å². The van der Waals surface area contributed by atoms with Crippen LogP contribution in [0.5, 0.6) is 5.75 Å². The molecule has 24 heavy (non-hydrogen) atoms. The third-order valence-electron chi connectivity index (χ3n) is 3.03. The summed E-state index contributed by atoms with van der Waals surface area (Å²) in [5, 5.41) is 7.88. The van der Waals surface area contributed by atoms with Crippen LogP contribution < -0.4 is 45.8 Å². The van der Waals surface area contributed by atoms with Gasteiger partial charge in [-0.15, -0.1) is 10.2 Å². The van der Waals surface area contributed by atoms with E-state index < -0.39 is 15.0 Å². The van der Waals surface area contributed by atoms with Crippen molar-refractivity contribution in [1.29, 1.82) is 0 Å². The van der Waals surface area contributed by atoms with Crippen LogP contribution in [0.1, 0.15) is 5.56 Å². The van der Waals surface area contributed by atoms with Gasteiger partial charge in [0, 0.05) is 0 Å². The van der Waals surface area contributed by atoms with Crippen molar-refractivity contribution in [3.63, 3.8) is 0 Å². The molecule has 2 rings (SSSR count). The third-order valence-corrected chi connectivity index (χ3v) is 3.92. The Morgan fingerprint density at radius 2 is 1.67 bits per heavy atom. The Labute approximate surface area is 162 Å². The van der Waals surface area contributed by atoms with Crippen molar-refractivity contribution >= 4 is 32.9 Å². The van der Waals surface area contributed by atoms with Crippen molar-refractivity contribution < 1.29 is 47.3 Å². The molecular formula is C14H15N4NaO4S. The van der Waals surface area contributed by atoms with Crippen molar-refractivity contribution in [1.82, 2.24) is 0 Å². The summed E-state index contributed by atoms with van der Waals surface area (Å²) in [5.41, 5.74) is 12.5. The Balaban J connectivity index is 0.00000288. The summed E-state index contributed by atoms with van der Waals surface area (Å²) in [5.74, 6) is 0.499. The zero-order chi connectivity index (χ0) is 17.2. The normalized spacial score (nSPS) is 11.3. The number of hydrogen-bond acceptors (Lipinski definition) is 8.